The molecular weight excluding hydrogens is 207 g/mol. The van der Waals surface area contributed by atoms with Gasteiger partial charge in [-0.25, -0.2) is 0 Å². The summed E-state index contributed by atoms with van der Waals surface area (Å²) in [6.07, 6.45) is 0. The Balaban J connectivity index is 3.02. The molecule has 26 valence electrons. The quantitative estimate of drug-likeness (QED) is 0.537. The van der Waals surface area contributed by atoms with Gasteiger partial charge in [-0.05, 0) is 0 Å². The van der Waals surface area contributed by atoms with Gasteiger partial charge in [0.15, 0.2) is 0 Å². The molecular formula is CHBr2Cl. The fourth-order valence-electron chi connectivity index (χ4n) is 0. The first kappa shape index (κ1) is 3.44. The van der Waals surface area contributed by atoms with Crippen LogP contribution >= 0.6 is 43.5 Å². The number of halogens is 3. The lowest BCUT2D eigenvalue weighted by atomic mass is 11.9. The fourth-order valence-corrected chi connectivity index (χ4v) is 0. The summed E-state index contributed by atoms with van der Waals surface area (Å²) in [5.41, 5.74) is 0. The Bertz CT molecular complexity index is 25.1. The van der Waals surface area contributed by atoms with E-state index < -0.39 is 3.17 Å². The first-order valence-electron chi connectivity index (χ1n) is 1.07. The van der Waals surface area contributed by atoms with E-state index in [0.29, 0.717) is 0 Å². The Morgan fingerprint density at radius 2 is 2.00 bits per heavy atom. The van der Waals surface area contributed by atoms with Gasteiger partial charge in [0, 0.05) is 0 Å². The van der Waals surface area contributed by atoms with Crippen molar-refractivity contribution < 1.29 is 1.37 Å². The molecule has 0 aliphatic heterocycles. The lowest BCUT2D eigenvalue weighted by Gasteiger charge is -1.70. The average molecular weight is 209 g/mol. The largest absolute Gasteiger partial charge is 0.143 e. The van der Waals surface area contributed by atoms with Crippen LogP contribution in [-0.2, 0) is 0 Å². The van der Waals surface area contributed by atoms with E-state index in [-0.39, 0.29) is 0 Å². The number of rotatable bonds is 0. The molecule has 0 bridgehead atoms. The van der Waals surface area contributed by atoms with E-state index >= 15 is 0 Å². The van der Waals surface area contributed by atoms with Crippen LogP contribution in [0.4, 0.5) is 0 Å². The van der Waals surface area contributed by atoms with E-state index in [1.807, 2.05) is 0 Å². The fraction of sp³-hybridized carbons (Fsp3) is 1.00. The van der Waals surface area contributed by atoms with Crippen molar-refractivity contribution in [3.63, 3.8) is 0 Å². The highest BCUT2D eigenvalue weighted by Gasteiger charge is 1.77. The molecule has 0 rings (SSSR count). The Morgan fingerprint density at radius 1 is 2.00 bits per heavy atom. The lowest BCUT2D eigenvalue weighted by molar-refractivity contribution is 2.16. The van der Waals surface area contributed by atoms with Crippen molar-refractivity contribution in [2.45, 2.75) is 3.17 Å². The van der Waals surface area contributed by atoms with Crippen molar-refractivity contribution in [3.8, 4) is 0 Å². The van der Waals surface area contributed by atoms with Gasteiger partial charge in [-0.3, -0.25) is 0 Å². The summed E-state index contributed by atoms with van der Waals surface area (Å²) in [6.45, 7) is 0. The monoisotopic (exact) mass is 207 g/mol. The number of hydrogen-bond donors (Lipinski definition) is 0. The highest BCUT2D eigenvalue weighted by molar-refractivity contribution is 9.25. The summed E-state index contributed by atoms with van der Waals surface area (Å²) >= 11 is 10.5. The summed E-state index contributed by atoms with van der Waals surface area (Å²) in [4.78, 5) is 0. The molecule has 0 unspecified atom stereocenters. The normalized spacial score (nSPS) is 15.2. The van der Waals surface area contributed by atoms with Crippen molar-refractivity contribution >= 4 is 43.5 Å². The Kier molecular flexibility index (Phi) is 2.14. The molecule has 0 saturated heterocycles. The zero-order valence-corrected chi connectivity index (χ0v) is 5.56. The molecule has 3 heteroatoms. The second-order valence-corrected chi connectivity index (χ2v) is 4.16. The van der Waals surface area contributed by atoms with Crippen LogP contribution in [0.15, 0.2) is 0 Å². The van der Waals surface area contributed by atoms with E-state index in [1.54, 1.807) is 0 Å². The minimum Gasteiger partial charge on any atom is -0.0977 e. The van der Waals surface area contributed by atoms with Crippen LogP contribution in [0.25, 0.3) is 0 Å². The van der Waals surface area contributed by atoms with Gasteiger partial charge in [-0.1, -0.05) is 43.5 Å². The molecule has 0 aromatic rings. The lowest BCUT2D eigenvalue weighted by Crippen LogP contribution is -1.51. The summed E-state index contributed by atoms with van der Waals surface area (Å²) in [7, 11) is 0. The van der Waals surface area contributed by atoms with Crippen LogP contribution in [0.2, 0.25) is 0 Å². The van der Waals surface area contributed by atoms with Crippen molar-refractivity contribution in [3.05, 3.63) is 0 Å². The van der Waals surface area contributed by atoms with Crippen LogP contribution in [0.1, 0.15) is 1.37 Å². The van der Waals surface area contributed by atoms with E-state index in [9.17, 15) is 0 Å². The molecule has 0 fully saturated rings. The summed E-state index contributed by atoms with van der Waals surface area (Å²) in [6, 6.07) is 0. The highest BCUT2D eigenvalue weighted by atomic mass is 79.9. The van der Waals surface area contributed by atoms with Gasteiger partial charge in [0.1, 0.15) is 3.17 Å². The molecule has 0 heterocycles. The van der Waals surface area contributed by atoms with Gasteiger partial charge in [0.05, 0.1) is 1.37 Å². The third-order valence-corrected chi connectivity index (χ3v) is 0. The topological polar surface area (TPSA) is 0 Å². The van der Waals surface area contributed by atoms with Crippen LogP contribution in [0, 0.1) is 0 Å². The van der Waals surface area contributed by atoms with E-state index in [2.05, 4.69) is 31.9 Å². The van der Waals surface area contributed by atoms with Crippen LogP contribution in [0.5, 0.6) is 0 Å². The number of alkyl halides is 3. The highest BCUT2D eigenvalue weighted by Crippen LogP contribution is 2.10. The van der Waals surface area contributed by atoms with Gasteiger partial charge >= 0.3 is 0 Å². The Labute approximate surface area is 48.2 Å². The first-order chi connectivity index (χ1) is 2.00. The molecule has 0 saturated carbocycles. The minimum atomic E-state index is -1.15. The molecule has 0 N–H and O–H groups in total. The average Bonchev–Trinajstić information content (AvgIpc) is 0.722. The standard InChI is InChI=1S/CHBr2Cl/c2-1(3)4/h1H/i1D. The second kappa shape index (κ2) is 2.49. The molecule has 0 aromatic heterocycles. The summed E-state index contributed by atoms with van der Waals surface area (Å²) in [5, 5.41) is 0. The second-order valence-electron chi connectivity index (χ2n) is 0.214. The molecule has 0 nitrogen and oxygen atoms in total. The van der Waals surface area contributed by atoms with Crippen LogP contribution in [-0.4, -0.2) is 3.17 Å². The van der Waals surface area contributed by atoms with Gasteiger partial charge in [-0.15, -0.1) is 0 Å². The van der Waals surface area contributed by atoms with E-state index in [0.717, 1.165) is 0 Å². The summed E-state index contributed by atoms with van der Waals surface area (Å²) in [5.74, 6) is 0. The van der Waals surface area contributed by atoms with E-state index in [4.69, 9.17) is 13.0 Å². The zero-order chi connectivity index (χ0) is 4.50. The van der Waals surface area contributed by atoms with E-state index in [1.165, 1.54) is 0 Å². The minimum absolute atomic E-state index is 1.15. The molecule has 0 radical (unpaired) electrons. The SMILES string of the molecule is [2H]C(Cl)(Br)Br. The van der Waals surface area contributed by atoms with Crippen LogP contribution in [0.3, 0.4) is 0 Å². The predicted octanol–water partition coefficient (Wildman–Crippen LogP) is 2.30. The van der Waals surface area contributed by atoms with Gasteiger partial charge in [0.2, 0.25) is 0 Å². The van der Waals surface area contributed by atoms with Gasteiger partial charge in [0.25, 0.3) is 0 Å². The molecule has 4 heavy (non-hydrogen) atoms. The Hall–Kier alpha value is 1.25. The summed E-state index contributed by atoms with van der Waals surface area (Å²) < 4.78 is 5.38. The number of hydrogen-bond acceptors (Lipinski definition) is 0. The predicted molar refractivity (Wildman–Crippen MR) is 27.5 cm³/mol. The third-order valence-electron chi connectivity index (χ3n) is 0. The smallest absolute Gasteiger partial charge is 0.0977 e. The van der Waals surface area contributed by atoms with Crippen molar-refractivity contribution in [1.82, 2.24) is 0 Å². The van der Waals surface area contributed by atoms with Crippen molar-refractivity contribution in [1.29, 1.82) is 0 Å². The first-order valence-corrected chi connectivity index (χ1v) is 2.53. The molecule has 0 aromatic carbocycles. The van der Waals surface area contributed by atoms with Crippen molar-refractivity contribution in [2.75, 3.05) is 0 Å². The van der Waals surface area contributed by atoms with Gasteiger partial charge in [-0.2, -0.15) is 0 Å². The van der Waals surface area contributed by atoms with Crippen LogP contribution < -0.4 is 0 Å². The molecule has 0 aliphatic carbocycles. The Morgan fingerprint density at radius 3 is 2.00 bits per heavy atom. The molecule has 0 atom stereocenters. The third kappa shape index (κ3) is 10.5. The maximum atomic E-state index is 6.54. The molecule has 0 aliphatic rings. The maximum Gasteiger partial charge on any atom is 0.143 e. The van der Waals surface area contributed by atoms with Crippen molar-refractivity contribution in [2.24, 2.45) is 0 Å². The molecule has 0 amide bonds. The zero-order valence-electron chi connectivity index (χ0n) is 2.63. The van der Waals surface area contributed by atoms with Gasteiger partial charge < -0.3 is 0 Å². The maximum absolute atomic E-state index is 6.54. The molecule has 0 spiro atoms.